The van der Waals surface area contributed by atoms with E-state index in [1.165, 1.54) is 0 Å². The molecule has 4 rings (SSSR count). The molecule has 3 aliphatic heterocycles. The van der Waals surface area contributed by atoms with E-state index in [2.05, 4.69) is 15.3 Å². The molecular weight excluding hydrogens is 344 g/mol. The summed E-state index contributed by atoms with van der Waals surface area (Å²) in [5.41, 5.74) is 1.04. The van der Waals surface area contributed by atoms with Gasteiger partial charge in [-0.3, -0.25) is 4.79 Å². The summed E-state index contributed by atoms with van der Waals surface area (Å²) in [6.07, 6.45) is 3.11. The van der Waals surface area contributed by atoms with Crippen LogP contribution in [-0.2, 0) is 20.9 Å². The number of carbonyl (C=O) groups excluding carboxylic acids is 1. The molecule has 0 saturated carbocycles. The standard InChI is InChI=1S/C17H24N2O3S2/c1-12-18-14(8-23-12)7-22-15-6-17(24-9-15)10-19(11-17)16(20)13-2-4-21-5-3-13/h8,13,15H,2-7,9-11H2,1H3. The van der Waals surface area contributed by atoms with Gasteiger partial charge in [-0.25, -0.2) is 4.98 Å². The van der Waals surface area contributed by atoms with Gasteiger partial charge in [0.2, 0.25) is 5.91 Å². The lowest BCUT2D eigenvalue weighted by Crippen LogP contribution is -2.62. The summed E-state index contributed by atoms with van der Waals surface area (Å²) in [6, 6.07) is 0. The van der Waals surface area contributed by atoms with Gasteiger partial charge in [0.05, 0.1) is 28.2 Å². The van der Waals surface area contributed by atoms with Gasteiger partial charge in [0, 0.05) is 43.4 Å². The van der Waals surface area contributed by atoms with Gasteiger partial charge in [0.1, 0.15) is 0 Å². The quantitative estimate of drug-likeness (QED) is 0.817. The molecule has 0 bridgehead atoms. The first-order valence-corrected chi connectivity index (χ1v) is 10.5. The van der Waals surface area contributed by atoms with Crippen LogP contribution in [0.4, 0.5) is 0 Å². The van der Waals surface area contributed by atoms with Crippen LogP contribution < -0.4 is 0 Å². The summed E-state index contributed by atoms with van der Waals surface area (Å²) in [5, 5.41) is 3.16. The number of rotatable bonds is 4. The van der Waals surface area contributed by atoms with Crippen LogP contribution >= 0.6 is 23.1 Å². The highest BCUT2D eigenvalue weighted by atomic mass is 32.2. The van der Waals surface area contributed by atoms with Gasteiger partial charge < -0.3 is 14.4 Å². The molecule has 5 nitrogen and oxygen atoms in total. The zero-order valence-electron chi connectivity index (χ0n) is 14.0. The topological polar surface area (TPSA) is 51.7 Å². The summed E-state index contributed by atoms with van der Waals surface area (Å²) < 4.78 is 11.6. The Balaban J connectivity index is 1.23. The van der Waals surface area contributed by atoms with E-state index in [1.54, 1.807) is 11.3 Å². The summed E-state index contributed by atoms with van der Waals surface area (Å²) in [4.78, 5) is 19.0. The first kappa shape index (κ1) is 16.8. The minimum atomic E-state index is 0.183. The van der Waals surface area contributed by atoms with Crippen molar-refractivity contribution >= 4 is 29.0 Å². The number of thioether (sulfide) groups is 1. The van der Waals surface area contributed by atoms with E-state index >= 15 is 0 Å². The van der Waals surface area contributed by atoms with Gasteiger partial charge in [-0.15, -0.1) is 23.1 Å². The zero-order valence-corrected chi connectivity index (χ0v) is 15.7. The van der Waals surface area contributed by atoms with Gasteiger partial charge in [0.15, 0.2) is 0 Å². The van der Waals surface area contributed by atoms with Crippen LogP contribution in [0.25, 0.3) is 0 Å². The lowest BCUT2D eigenvalue weighted by atomic mass is 9.89. The molecule has 3 saturated heterocycles. The molecule has 0 aliphatic carbocycles. The van der Waals surface area contributed by atoms with E-state index < -0.39 is 0 Å². The van der Waals surface area contributed by atoms with Crippen molar-refractivity contribution in [1.29, 1.82) is 0 Å². The van der Waals surface area contributed by atoms with Crippen molar-refractivity contribution in [2.45, 2.75) is 43.6 Å². The number of aromatic nitrogens is 1. The number of likely N-dealkylation sites (tertiary alicyclic amines) is 1. The summed E-state index contributed by atoms with van der Waals surface area (Å²) >= 11 is 3.66. The molecule has 1 unspecified atom stereocenters. The molecule has 4 heterocycles. The maximum absolute atomic E-state index is 12.5. The highest BCUT2D eigenvalue weighted by molar-refractivity contribution is 8.01. The average Bonchev–Trinajstić information content (AvgIpc) is 3.18. The SMILES string of the molecule is Cc1nc(COC2CSC3(C2)CN(C(=O)C2CCOCC2)C3)cs1. The second kappa shape index (κ2) is 6.94. The molecule has 3 fully saturated rings. The van der Waals surface area contributed by atoms with Crippen molar-refractivity contribution in [3.05, 3.63) is 16.1 Å². The second-order valence-electron chi connectivity index (χ2n) is 7.07. The Morgan fingerprint density at radius 2 is 2.25 bits per heavy atom. The number of ether oxygens (including phenoxy) is 2. The van der Waals surface area contributed by atoms with Crippen molar-refractivity contribution < 1.29 is 14.3 Å². The van der Waals surface area contributed by atoms with Gasteiger partial charge in [-0.05, 0) is 26.2 Å². The lowest BCUT2D eigenvalue weighted by Gasteiger charge is -2.48. The van der Waals surface area contributed by atoms with Crippen LogP contribution in [0.15, 0.2) is 5.38 Å². The summed E-state index contributed by atoms with van der Waals surface area (Å²) in [6.45, 7) is 5.88. The van der Waals surface area contributed by atoms with Gasteiger partial charge >= 0.3 is 0 Å². The zero-order chi connectivity index (χ0) is 16.6. The van der Waals surface area contributed by atoms with E-state index in [1.807, 2.05) is 18.7 Å². The van der Waals surface area contributed by atoms with Crippen molar-refractivity contribution in [2.24, 2.45) is 5.92 Å². The van der Waals surface area contributed by atoms with E-state index in [0.29, 0.717) is 12.5 Å². The fraction of sp³-hybridized carbons (Fsp3) is 0.765. The van der Waals surface area contributed by atoms with Gasteiger partial charge in [-0.1, -0.05) is 0 Å². The number of thiazole rings is 1. The van der Waals surface area contributed by atoms with Crippen molar-refractivity contribution in [1.82, 2.24) is 9.88 Å². The highest BCUT2D eigenvalue weighted by Crippen LogP contribution is 2.46. The Labute approximate surface area is 151 Å². The van der Waals surface area contributed by atoms with Crippen LogP contribution in [0.2, 0.25) is 0 Å². The Kier molecular flexibility index (Phi) is 4.86. The maximum atomic E-state index is 12.5. The van der Waals surface area contributed by atoms with Crippen molar-refractivity contribution in [2.75, 3.05) is 32.1 Å². The Bertz CT molecular complexity index is 594. The molecule has 0 aromatic carbocycles. The van der Waals surface area contributed by atoms with E-state index in [-0.39, 0.29) is 16.8 Å². The molecule has 1 atom stereocenters. The molecule has 24 heavy (non-hydrogen) atoms. The molecule has 132 valence electrons. The van der Waals surface area contributed by atoms with E-state index in [0.717, 1.165) is 62.0 Å². The van der Waals surface area contributed by atoms with Crippen molar-refractivity contribution in [3.63, 3.8) is 0 Å². The predicted octanol–water partition coefficient (Wildman–Crippen LogP) is 2.48. The maximum Gasteiger partial charge on any atom is 0.225 e. The first-order valence-electron chi connectivity index (χ1n) is 8.67. The Morgan fingerprint density at radius 1 is 1.46 bits per heavy atom. The predicted molar refractivity (Wildman–Crippen MR) is 95.4 cm³/mol. The third-order valence-electron chi connectivity index (χ3n) is 5.15. The molecule has 1 aromatic heterocycles. The summed E-state index contributed by atoms with van der Waals surface area (Å²) in [7, 11) is 0. The molecule has 0 radical (unpaired) electrons. The largest absolute Gasteiger partial charge is 0.381 e. The fourth-order valence-electron chi connectivity index (χ4n) is 3.82. The highest BCUT2D eigenvalue weighted by Gasteiger charge is 2.51. The van der Waals surface area contributed by atoms with E-state index in [4.69, 9.17) is 9.47 Å². The normalized spacial score (nSPS) is 26.7. The molecule has 3 aliphatic rings. The minimum Gasteiger partial charge on any atom is -0.381 e. The molecule has 0 N–H and O–H groups in total. The molecule has 1 amide bonds. The number of nitrogens with zero attached hydrogens (tertiary/aromatic N) is 2. The summed E-state index contributed by atoms with van der Waals surface area (Å²) in [5.74, 6) is 1.55. The smallest absolute Gasteiger partial charge is 0.225 e. The minimum absolute atomic E-state index is 0.183. The first-order chi connectivity index (χ1) is 11.6. The molecule has 7 heteroatoms. The number of hydrogen-bond donors (Lipinski definition) is 0. The molecule has 1 aromatic rings. The Hall–Kier alpha value is -0.630. The van der Waals surface area contributed by atoms with Gasteiger partial charge in [-0.2, -0.15) is 0 Å². The molecule has 1 spiro atoms. The van der Waals surface area contributed by atoms with Crippen LogP contribution in [0.1, 0.15) is 30.0 Å². The second-order valence-corrected chi connectivity index (χ2v) is 9.62. The van der Waals surface area contributed by atoms with E-state index in [9.17, 15) is 4.79 Å². The third kappa shape index (κ3) is 3.49. The van der Waals surface area contributed by atoms with Crippen LogP contribution in [0.3, 0.4) is 0 Å². The average molecular weight is 369 g/mol. The lowest BCUT2D eigenvalue weighted by molar-refractivity contribution is -0.144. The number of carbonyl (C=O) groups is 1. The van der Waals surface area contributed by atoms with Gasteiger partial charge in [0.25, 0.3) is 0 Å². The third-order valence-corrected chi connectivity index (χ3v) is 7.55. The monoisotopic (exact) mass is 368 g/mol. The van der Waals surface area contributed by atoms with Crippen LogP contribution in [0, 0.1) is 12.8 Å². The number of hydrogen-bond acceptors (Lipinski definition) is 6. The van der Waals surface area contributed by atoms with Crippen LogP contribution in [-0.4, -0.2) is 58.7 Å². The van der Waals surface area contributed by atoms with Crippen LogP contribution in [0.5, 0.6) is 0 Å². The number of amides is 1. The Morgan fingerprint density at radius 3 is 2.96 bits per heavy atom. The fourth-order valence-corrected chi connectivity index (χ4v) is 5.96. The number of aryl methyl sites for hydroxylation is 1. The molecular formula is C17H24N2O3S2. The van der Waals surface area contributed by atoms with Crippen molar-refractivity contribution in [3.8, 4) is 0 Å².